The first-order valence-corrected chi connectivity index (χ1v) is 8.39. The summed E-state index contributed by atoms with van der Waals surface area (Å²) >= 11 is 0. The summed E-state index contributed by atoms with van der Waals surface area (Å²) in [6.07, 6.45) is -9.04. The first-order chi connectivity index (χ1) is 13.5. The predicted molar refractivity (Wildman–Crippen MR) is 96.6 cm³/mol. The lowest BCUT2D eigenvalue weighted by atomic mass is 10.0. The highest BCUT2D eigenvalue weighted by molar-refractivity contribution is 5.77. The van der Waals surface area contributed by atoms with Gasteiger partial charge in [0, 0.05) is 6.54 Å². The highest BCUT2D eigenvalue weighted by atomic mass is 16.6. The zero-order valence-electron chi connectivity index (χ0n) is 15.6. The topological polar surface area (TPSA) is 231 Å². The third-order valence-corrected chi connectivity index (χ3v) is 3.56. The lowest BCUT2D eigenvalue weighted by Gasteiger charge is -2.22. The molecule has 0 bridgehead atoms. The van der Waals surface area contributed by atoms with Gasteiger partial charge in [0.1, 0.15) is 30.5 Å². The molecule has 29 heavy (non-hydrogen) atoms. The number of phenolic OH excluding ortho intramolecular Hbond substituents is 1. The number of rotatable bonds is 9. The Balaban J connectivity index is 0.000000578. The van der Waals surface area contributed by atoms with Gasteiger partial charge < -0.3 is 56.1 Å². The van der Waals surface area contributed by atoms with Crippen LogP contribution in [0.1, 0.15) is 18.6 Å². The van der Waals surface area contributed by atoms with Crippen LogP contribution in [-0.2, 0) is 9.59 Å². The molecule has 0 saturated heterocycles. The molecule has 1 rings (SSSR count). The Labute approximate surface area is 166 Å². The molecule has 10 N–H and O–H groups in total. The molecule has 12 heteroatoms. The number of phenols is 1. The molecule has 1 unspecified atom stereocenters. The normalized spacial score (nSPS) is 17.0. The van der Waals surface area contributed by atoms with E-state index in [2.05, 4.69) is 0 Å². The van der Waals surface area contributed by atoms with Crippen molar-refractivity contribution in [2.24, 2.45) is 5.73 Å². The Morgan fingerprint density at radius 1 is 1.14 bits per heavy atom. The second-order valence-electron chi connectivity index (χ2n) is 5.93. The second-order valence-corrected chi connectivity index (χ2v) is 5.93. The fraction of sp³-hybridized carbons (Fsp3) is 0.529. The molecule has 1 aromatic carbocycles. The zero-order valence-corrected chi connectivity index (χ0v) is 15.6. The lowest BCUT2D eigenvalue weighted by Crippen LogP contribution is -2.46. The van der Waals surface area contributed by atoms with Gasteiger partial charge in [-0.2, -0.15) is 0 Å². The number of aldehydes is 1. The first kappa shape index (κ1) is 26.8. The van der Waals surface area contributed by atoms with Crippen molar-refractivity contribution >= 4 is 12.3 Å². The molecule has 0 aliphatic rings. The molecule has 0 aliphatic heterocycles. The number of hydrogen-bond acceptors (Lipinski definition) is 12. The van der Waals surface area contributed by atoms with E-state index in [0.717, 1.165) is 0 Å². The van der Waals surface area contributed by atoms with Crippen LogP contribution in [0, 0.1) is 0 Å². The maximum atomic E-state index is 11.1. The number of hydrogen-bond donors (Lipinski definition) is 9. The number of aromatic hydroxyl groups is 1. The van der Waals surface area contributed by atoms with E-state index in [4.69, 9.17) is 41.1 Å². The van der Waals surface area contributed by atoms with Gasteiger partial charge in [-0.05, 0) is 24.6 Å². The summed E-state index contributed by atoms with van der Waals surface area (Å²) in [5, 5.41) is 71.4. The average molecular weight is 421 g/mol. The SMILES string of the molecule is CC(O)C(=O)Oc1cc([C@@H](O)CN)ccc1O.O=C[C@H](O)[C@@H](O)[C@H](O)[C@H](O)CO. The number of nitrogens with two attached hydrogens (primary N) is 1. The summed E-state index contributed by atoms with van der Waals surface area (Å²) in [5.74, 6) is -1.27. The van der Waals surface area contributed by atoms with Gasteiger partial charge >= 0.3 is 5.97 Å². The largest absolute Gasteiger partial charge is 0.504 e. The van der Waals surface area contributed by atoms with Crippen LogP contribution in [0.4, 0.5) is 0 Å². The number of aliphatic hydroxyl groups is 7. The zero-order chi connectivity index (χ0) is 22.7. The molecule has 12 nitrogen and oxygen atoms in total. The van der Waals surface area contributed by atoms with Gasteiger partial charge in [0.05, 0.1) is 12.7 Å². The van der Waals surface area contributed by atoms with Crippen molar-refractivity contribution in [2.75, 3.05) is 13.2 Å². The lowest BCUT2D eigenvalue weighted by molar-refractivity contribution is -0.142. The summed E-state index contributed by atoms with van der Waals surface area (Å²) in [4.78, 5) is 21.0. The average Bonchev–Trinajstić information content (AvgIpc) is 2.72. The minimum absolute atomic E-state index is 0.00850. The molecular formula is C17H27NO11. The van der Waals surface area contributed by atoms with E-state index in [1.54, 1.807) is 0 Å². The Morgan fingerprint density at radius 3 is 2.17 bits per heavy atom. The molecule has 1 aromatic rings. The predicted octanol–water partition coefficient (Wildman–Crippen LogP) is -3.71. The van der Waals surface area contributed by atoms with Crippen LogP contribution in [0.15, 0.2) is 18.2 Å². The van der Waals surface area contributed by atoms with Crippen LogP contribution < -0.4 is 10.5 Å². The first-order valence-electron chi connectivity index (χ1n) is 8.39. The van der Waals surface area contributed by atoms with Gasteiger partial charge in [-0.3, -0.25) is 0 Å². The Kier molecular flexibility index (Phi) is 12.2. The minimum atomic E-state index is -1.79. The maximum Gasteiger partial charge on any atom is 0.340 e. The van der Waals surface area contributed by atoms with Crippen LogP contribution in [0.25, 0.3) is 0 Å². The van der Waals surface area contributed by atoms with Crippen LogP contribution in [0.5, 0.6) is 11.5 Å². The molecule has 0 aliphatic carbocycles. The fourth-order valence-corrected chi connectivity index (χ4v) is 1.77. The second kappa shape index (κ2) is 13.1. The Hall–Kier alpha value is -2.16. The monoisotopic (exact) mass is 421 g/mol. The van der Waals surface area contributed by atoms with Crippen LogP contribution >= 0.6 is 0 Å². The van der Waals surface area contributed by atoms with Gasteiger partial charge in [0.2, 0.25) is 0 Å². The fourth-order valence-electron chi connectivity index (χ4n) is 1.77. The van der Waals surface area contributed by atoms with Gasteiger partial charge in [0.15, 0.2) is 17.8 Å². The standard InChI is InChI=1S/C11H15NO5.C6H12O6/c1-6(13)11(16)17-10-4-7(9(15)5-12)2-3-8(10)14;7-1-3(9)5(11)6(12)4(10)2-8/h2-4,6,9,13-15H,5,12H2,1H3;1,3-6,8-12H,2H2/t6?,9-;3-,4+,5+,6+/m00/s1. The molecule has 0 radical (unpaired) electrons. The molecule has 0 saturated carbocycles. The number of ether oxygens (including phenoxy) is 1. The summed E-state index contributed by atoms with van der Waals surface area (Å²) < 4.78 is 4.75. The number of carbonyl (C=O) groups is 2. The number of aliphatic hydroxyl groups excluding tert-OH is 7. The van der Waals surface area contributed by atoms with Gasteiger partial charge in [0.25, 0.3) is 0 Å². The quantitative estimate of drug-likeness (QED) is 0.106. The Morgan fingerprint density at radius 2 is 1.72 bits per heavy atom. The van der Waals surface area contributed by atoms with Crippen molar-refractivity contribution in [1.29, 1.82) is 0 Å². The van der Waals surface area contributed by atoms with E-state index in [0.29, 0.717) is 5.56 Å². The molecule has 0 aromatic heterocycles. The number of benzene rings is 1. The number of esters is 1. The minimum Gasteiger partial charge on any atom is -0.504 e. The van der Waals surface area contributed by atoms with Crippen molar-refractivity contribution in [3.63, 3.8) is 0 Å². The highest BCUT2D eigenvalue weighted by Gasteiger charge is 2.29. The van der Waals surface area contributed by atoms with Gasteiger partial charge in [-0.15, -0.1) is 0 Å². The van der Waals surface area contributed by atoms with Crippen molar-refractivity contribution in [1.82, 2.24) is 0 Å². The molecule has 0 fully saturated rings. The molecule has 0 spiro atoms. The van der Waals surface area contributed by atoms with Crippen molar-refractivity contribution in [2.45, 2.75) is 43.5 Å². The van der Waals surface area contributed by atoms with Crippen LogP contribution in [-0.4, -0.2) is 96.8 Å². The number of carbonyl (C=O) groups excluding carboxylic acids is 2. The van der Waals surface area contributed by atoms with Gasteiger partial charge in [-0.25, -0.2) is 4.79 Å². The molecule has 166 valence electrons. The van der Waals surface area contributed by atoms with Crippen molar-refractivity contribution < 1.29 is 55.2 Å². The van der Waals surface area contributed by atoms with Crippen LogP contribution in [0.3, 0.4) is 0 Å². The van der Waals surface area contributed by atoms with Crippen molar-refractivity contribution in [3.05, 3.63) is 23.8 Å². The third kappa shape index (κ3) is 8.81. The van der Waals surface area contributed by atoms with Crippen molar-refractivity contribution in [3.8, 4) is 11.5 Å². The maximum absolute atomic E-state index is 11.1. The van der Waals surface area contributed by atoms with E-state index < -0.39 is 49.2 Å². The molecule has 6 atom stereocenters. The van der Waals surface area contributed by atoms with E-state index in [9.17, 15) is 19.8 Å². The van der Waals surface area contributed by atoms with Crippen LogP contribution in [0.2, 0.25) is 0 Å². The summed E-state index contributed by atoms with van der Waals surface area (Å²) in [6.45, 7) is 0.496. The Bertz CT molecular complexity index is 640. The molecule has 0 heterocycles. The molecule has 0 amide bonds. The molecular weight excluding hydrogens is 394 g/mol. The highest BCUT2D eigenvalue weighted by Crippen LogP contribution is 2.29. The summed E-state index contributed by atoms with van der Waals surface area (Å²) in [6, 6.07) is 4.04. The van der Waals surface area contributed by atoms with E-state index in [1.807, 2.05) is 0 Å². The summed E-state index contributed by atoms with van der Waals surface area (Å²) in [5.41, 5.74) is 5.70. The van der Waals surface area contributed by atoms with E-state index in [-0.39, 0.29) is 24.3 Å². The van der Waals surface area contributed by atoms with E-state index in [1.165, 1.54) is 25.1 Å². The summed E-state index contributed by atoms with van der Waals surface area (Å²) in [7, 11) is 0. The smallest absolute Gasteiger partial charge is 0.340 e. The third-order valence-electron chi connectivity index (χ3n) is 3.56. The van der Waals surface area contributed by atoms with E-state index >= 15 is 0 Å². The van der Waals surface area contributed by atoms with Gasteiger partial charge in [-0.1, -0.05) is 6.07 Å².